The first-order chi connectivity index (χ1) is 8.90. The zero-order chi connectivity index (χ0) is 12.6. The number of hydrogen-bond donors (Lipinski definition) is 1. The lowest BCUT2D eigenvalue weighted by molar-refractivity contribution is 0.144. The van der Waals surface area contributed by atoms with E-state index in [4.69, 9.17) is 0 Å². The highest BCUT2D eigenvalue weighted by atomic mass is 15.2. The van der Waals surface area contributed by atoms with E-state index in [1.54, 1.807) is 0 Å². The maximum atomic E-state index is 3.49. The van der Waals surface area contributed by atoms with Crippen molar-refractivity contribution in [1.29, 1.82) is 0 Å². The third kappa shape index (κ3) is 4.02. The van der Waals surface area contributed by atoms with Crippen LogP contribution in [0.4, 0.5) is 5.69 Å². The van der Waals surface area contributed by atoms with Crippen LogP contribution in [0.3, 0.4) is 0 Å². The van der Waals surface area contributed by atoms with Crippen LogP contribution in [0, 0.1) is 0 Å². The maximum Gasteiger partial charge on any atom is 0.0340 e. The summed E-state index contributed by atoms with van der Waals surface area (Å²) in [7, 11) is 0. The SMILES string of the molecule is CCC1CCCCN1CCCNc1ccccc1. The van der Waals surface area contributed by atoms with Crippen molar-refractivity contribution in [2.45, 2.75) is 45.1 Å². The summed E-state index contributed by atoms with van der Waals surface area (Å²) in [4.78, 5) is 2.69. The van der Waals surface area contributed by atoms with E-state index in [0.717, 1.165) is 12.6 Å². The molecule has 1 aromatic rings. The average molecular weight is 246 g/mol. The van der Waals surface area contributed by atoms with Gasteiger partial charge in [-0.1, -0.05) is 31.5 Å². The lowest BCUT2D eigenvalue weighted by Gasteiger charge is -2.35. The first-order valence-electron chi connectivity index (χ1n) is 7.43. The second-order valence-electron chi connectivity index (χ2n) is 5.24. The van der Waals surface area contributed by atoms with Gasteiger partial charge in [-0.2, -0.15) is 0 Å². The fourth-order valence-corrected chi connectivity index (χ4v) is 2.89. The molecular weight excluding hydrogens is 220 g/mol. The van der Waals surface area contributed by atoms with E-state index >= 15 is 0 Å². The summed E-state index contributed by atoms with van der Waals surface area (Å²) in [6.07, 6.45) is 6.78. The predicted molar refractivity (Wildman–Crippen MR) is 79.1 cm³/mol. The van der Waals surface area contributed by atoms with Crippen molar-refractivity contribution in [2.24, 2.45) is 0 Å². The zero-order valence-electron chi connectivity index (χ0n) is 11.6. The Morgan fingerprint density at radius 2 is 2.06 bits per heavy atom. The number of benzene rings is 1. The summed E-state index contributed by atoms with van der Waals surface area (Å²) in [5.41, 5.74) is 1.24. The minimum absolute atomic E-state index is 0.843. The fraction of sp³-hybridized carbons (Fsp3) is 0.625. The molecule has 100 valence electrons. The monoisotopic (exact) mass is 246 g/mol. The van der Waals surface area contributed by atoms with Crippen LogP contribution in [0.1, 0.15) is 39.0 Å². The number of hydrogen-bond acceptors (Lipinski definition) is 2. The number of nitrogens with zero attached hydrogens (tertiary/aromatic N) is 1. The molecule has 2 nitrogen and oxygen atoms in total. The first kappa shape index (κ1) is 13.4. The molecule has 1 aromatic carbocycles. The lowest BCUT2D eigenvalue weighted by Crippen LogP contribution is -2.40. The van der Waals surface area contributed by atoms with E-state index < -0.39 is 0 Å². The highest BCUT2D eigenvalue weighted by molar-refractivity contribution is 5.42. The molecule has 1 aliphatic heterocycles. The van der Waals surface area contributed by atoms with E-state index in [1.807, 2.05) is 0 Å². The first-order valence-corrected chi connectivity index (χ1v) is 7.43. The van der Waals surface area contributed by atoms with E-state index in [2.05, 4.69) is 47.5 Å². The number of rotatable bonds is 6. The highest BCUT2D eigenvalue weighted by Crippen LogP contribution is 2.19. The number of piperidine rings is 1. The molecule has 2 rings (SSSR count). The van der Waals surface area contributed by atoms with Crippen LogP contribution in [0.5, 0.6) is 0 Å². The van der Waals surface area contributed by atoms with Gasteiger partial charge in [-0.25, -0.2) is 0 Å². The molecule has 0 radical (unpaired) electrons. The molecule has 0 amide bonds. The van der Waals surface area contributed by atoms with Crippen molar-refractivity contribution in [3.8, 4) is 0 Å². The summed E-state index contributed by atoms with van der Waals surface area (Å²) >= 11 is 0. The number of nitrogens with one attached hydrogen (secondary N) is 1. The minimum atomic E-state index is 0.843. The van der Waals surface area contributed by atoms with Gasteiger partial charge in [-0.3, -0.25) is 0 Å². The van der Waals surface area contributed by atoms with E-state index in [0.29, 0.717) is 0 Å². The van der Waals surface area contributed by atoms with Crippen LogP contribution in [0.25, 0.3) is 0 Å². The zero-order valence-corrected chi connectivity index (χ0v) is 11.6. The van der Waals surface area contributed by atoms with Gasteiger partial charge < -0.3 is 10.2 Å². The fourth-order valence-electron chi connectivity index (χ4n) is 2.89. The summed E-state index contributed by atoms with van der Waals surface area (Å²) in [6.45, 7) is 5.96. The van der Waals surface area contributed by atoms with E-state index in [1.165, 1.54) is 50.9 Å². The van der Waals surface area contributed by atoms with Crippen molar-refractivity contribution < 1.29 is 0 Å². The van der Waals surface area contributed by atoms with Crippen molar-refractivity contribution in [3.05, 3.63) is 30.3 Å². The molecule has 0 aromatic heterocycles. The van der Waals surface area contributed by atoms with Gasteiger partial charge in [-0.05, 0) is 44.4 Å². The second kappa shape index (κ2) is 7.42. The van der Waals surface area contributed by atoms with Gasteiger partial charge in [0.2, 0.25) is 0 Å². The van der Waals surface area contributed by atoms with Crippen LogP contribution in [0.2, 0.25) is 0 Å². The molecule has 0 aliphatic carbocycles. The lowest BCUT2D eigenvalue weighted by atomic mass is 10.00. The van der Waals surface area contributed by atoms with Crippen molar-refractivity contribution in [2.75, 3.05) is 25.0 Å². The molecular formula is C16H26N2. The third-order valence-electron chi connectivity index (χ3n) is 3.95. The van der Waals surface area contributed by atoms with Gasteiger partial charge in [0.25, 0.3) is 0 Å². The van der Waals surface area contributed by atoms with Gasteiger partial charge in [0, 0.05) is 24.8 Å². The Morgan fingerprint density at radius 3 is 2.83 bits per heavy atom. The van der Waals surface area contributed by atoms with Gasteiger partial charge in [0.15, 0.2) is 0 Å². The molecule has 1 unspecified atom stereocenters. The number of anilines is 1. The van der Waals surface area contributed by atoms with Crippen LogP contribution in [0.15, 0.2) is 30.3 Å². The topological polar surface area (TPSA) is 15.3 Å². The summed E-state index contributed by atoms with van der Waals surface area (Å²) in [5, 5.41) is 3.49. The van der Waals surface area contributed by atoms with Crippen LogP contribution in [-0.4, -0.2) is 30.6 Å². The standard InChI is InChI=1S/C16H26N2/c1-2-16-11-6-7-13-18(16)14-8-12-17-15-9-4-3-5-10-15/h3-5,9-10,16-17H,2,6-8,11-14H2,1H3. The molecule has 0 bridgehead atoms. The Kier molecular flexibility index (Phi) is 5.53. The second-order valence-corrected chi connectivity index (χ2v) is 5.24. The molecule has 2 heteroatoms. The van der Waals surface area contributed by atoms with Crippen molar-refractivity contribution in [1.82, 2.24) is 4.90 Å². The predicted octanol–water partition coefficient (Wildman–Crippen LogP) is 3.75. The Balaban J connectivity index is 1.65. The number of para-hydroxylation sites is 1. The molecule has 0 spiro atoms. The average Bonchev–Trinajstić information content (AvgIpc) is 2.45. The van der Waals surface area contributed by atoms with Gasteiger partial charge in [0.1, 0.15) is 0 Å². The molecule has 0 saturated carbocycles. The smallest absolute Gasteiger partial charge is 0.0340 e. The quantitative estimate of drug-likeness (QED) is 0.769. The minimum Gasteiger partial charge on any atom is -0.385 e. The van der Waals surface area contributed by atoms with Crippen LogP contribution < -0.4 is 5.32 Å². The van der Waals surface area contributed by atoms with Gasteiger partial charge >= 0.3 is 0 Å². The Bertz CT molecular complexity index is 323. The Morgan fingerprint density at radius 1 is 1.22 bits per heavy atom. The molecule has 1 saturated heterocycles. The molecule has 1 aliphatic rings. The third-order valence-corrected chi connectivity index (χ3v) is 3.95. The van der Waals surface area contributed by atoms with E-state index in [9.17, 15) is 0 Å². The summed E-state index contributed by atoms with van der Waals surface area (Å²) < 4.78 is 0. The molecule has 18 heavy (non-hydrogen) atoms. The Hall–Kier alpha value is -1.02. The van der Waals surface area contributed by atoms with Crippen LogP contribution >= 0.6 is 0 Å². The van der Waals surface area contributed by atoms with Gasteiger partial charge in [-0.15, -0.1) is 0 Å². The largest absolute Gasteiger partial charge is 0.385 e. The Labute approximate surface area is 111 Å². The maximum absolute atomic E-state index is 3.49. The molecule has 1 N–H and O–H groups in total. The van der Waals surface area contributed by atoms with Gasteiger partial charge in [0.05, 0.1) is 0 Å². The number of likely N-dealkylation sites (tertiary alicyclic amines) is 1. The van der Waals surface area contributed by atoms with E-state index in [-0.39, 0.29) is 0 Å². The molecule has 1 fully saturated rings. The summed E-state index contributed by atoms with van der Waals surface area (Å²) in [5.74, 6) is 0. The van der Waals surface area contributed by atoms with Crippen molar-refractivity contribution >= 4 is 5.69 Å². The highest BCUT2D eigenvalue weighted by Gasteiger charge is 2.19. The molecule has 1 atom stereocenters. The van der Waals surface area contributed by atoms with Crippen molar-refractivity contribution in [3.63, 3.8) is 0 Å². The summed E-state index contributed by atoms with van der Waals surface area (Å²) in [6, 6.07) is 11.3. The normalized spacial score (nSPS) is 20.8. The molecule has 1 heterocycles. The van der Waals surface area contributed by atoms with Crippen LogP contribution in [-0.2, 0) is 0 Å².